The Morgan fingerprint density at radius 2 is 0.639 bits per heavy atom. The van der Waals surface area contributed by atoms with E-state index < -0.39 is 0 Å². The van der Waals surface area contributed by atoms with E-state index in [0.29, 0.717) is 0 Å². The first kappa shape index (κ1) is 59.2. The van der Waals surface area contributed by atoms with Gasteiger partial charge < -0.3 is 19.4 Å². The first-order chi connectivity index (χ1) is 29.6. The normalized spacial score (nSPS) is 11.9. The van der Waals surface area contributed by atoms with Crippen molar-refractivity contribution in [2.45, 2.75) is 259 Å². The molecule has 2 aromatic rings. The van der Waals surface area contributed by atoms with E-state index in [4.69, 9.17) is 0 Å². The molecule has 0 unspecified atom stereocenters. The van der Waals surface area contributed by atoms with Gasteiger partial charge in [-0.05, 0) is 61.1 Å². The molecule has 2 nitrogen and oxygen atoms in total. The van der Waals surface area contributed by atoms with Gasteiger partial charge in [-0.3, -0.25) is 0 Å². The van der Waals surface area contributed by atoms with Crippen molar-refractivity contribution in [3.63, 3.8) is 0 Å². The molecule has 0 amide bonds. The summed E-state index contributed by atoms with van der Waals surface area (Å²) >= 11 is 0. The van der Waals surface area contributed by atoms with Crippen LogP contribution in [0.1, 0.15) is 268 Å². The molecule has 0 radical (unpaired) electrons. The third-order valence-electron chi connectivity index (χ3n) is 12.1. The molecule has 0 fully saturated rings. The van der Waals surface area contributed by atoms with Gasteiger partial charge in [0.1, 0.15) is 0 Å². The van der Waals surface area contributed by atoms with Gasteiger partial charge >= 0.3 is 20.4 Å². The van der Waals surface area contributed by atoms with Crippen LogP contribution < -0.4 is 0 Å². The molecule has 350 valence electrons. The van der Waals surface area contributed by atoms with Crippen LogP contribution in [0.15, 0.2) is 60.7 Å². The summed E-state index contributed by atoms with van der Waals surface area (Å²) in [4.78, 5) is 0. The van der Waals surface area contributed by atoms with E-state index in [-0.39, 0.29) is 20.4 Å². The van der Waals surface area contributed by atoms with Crippen LogP contribution in [0, 0.1) is 13.8 Å². The minimum atomic E-state index is 0. The van der Waals surface area contributed by atoms with Crippen LogP contribution >= 0.6 is 0 Å². The molecule has 0 N–H and O–H groups in total. The van der Waals surface area contributed by atoms with Crippen molar-refractivity contribution in [2.75, 3.05) is 0 Å². The summed E-state index contributed by atoms with van der Waals surface area (Å²) in [7, 11) is 0. The first-order valence-electron chi connectivity index (χ1n) is 26.2. The maximum atomic E-state index is 10.8. The van der Waals surface area contributed by atoms with E-state index in [9.17, 15) is 5.53 Å². The predicted octanol–water partition coefficient (Wildman–Crippen LogP) is 20.2. The van der Waals surface area contributed by atoms with Gasteiger partial charge in [-0.2, -0.15) is 12.8 Å². The Morgan fingerprint density at radius 1 is 0.377 bits per heavy atom. The van der Waals surface area contributed by atoms with Gasteiger partial charge in [0.2, 0.25) is 11.4 Å². The molecule has 3 rings (SSSR count). The minimum absolute atomic E-state index is 0. The quantitative estimate of drug-likeness (QED) is 0.0282. The van der Waals surface area contributed by atoms with Gasteiger partial charge in [0, 0.05) is 23.3 Å². The second-order valence-corrected chi connectivity index (χ2v) is 17.9. The molecule has 0 spiro atoms. The van der Waals surface area contributed by atoms with E-state index in [2.05, 4.69) is 90.1 Å². The van der Waals surface area contributed by atoms with E-state index in [1.807, 2.05) is 12.2 Å². The molecular formula is C58H98N2Pd. The van der Waals surface area contributed by atoms with Crippen LogP contribution in [0.3, 0.4) is 0 Å². The molecular weight excluding hydrogens is 831 g/mol. The van der Waals surface area contributed by atoms with Gasteiger partial charge in [0.05, 0.1) is 0 Å². The summed E-state index contributed by atoms with van der Waals surface area (Å²) in [6.45, 7) is 16.8. The van der Waals surface area contributed by atoms with Crippen LogP contribution in [0.25, 0.3) is 16.9 Å². The predicted molar refractivity (Wildman–Crippen MR) is 270 cm³/mol. The second kappa shape index (κ2) is 44.8. The average Bonchev–Trinajstić information content (AvgIpc) is 3.67. The minimum Gasteiger partial charge on any atom is -0.493 e. The van der Waals surface area contributed by atoms with E-state index in [0.717, 1.165) is 48.2 Å². The Morgan fingerprint density at radius 3 is 0.902 bits per heavy atom. The number of hydrogen-bond donors (Lipinski definition) is 0. The van der Waals surface area contributed by atoms with E-state index in [1.165, 1.54) is 221 Å². The van der Waals surface area contributed by atoms with Crippen molar-refractivity contribution in [3.05, 3.63) is 102 Å². The standard InChI is InChI=1S/C24H28N2.2C17H35.Pd/c1-3-5-9-19-11-7-13-21(17-19)23-15-16-24(26(23)25)22-14-8-12-20(18-22)10-6-4-2;2*1-3-5-7-9-11-13-15-17-16-14-12-10-8-6-4-2;/h7-8,11-18H,3-6,9-10H2,1-2H3;2*1,3-17H2,2H3;/q;2*-1;+2. The summed E-state index contributed by atoms with van der Waals surface area (Å²) in [5, 5.41) is 0. The number of benzene rings is 2. The summed E-state index contributed by atoms with van der Waals surface area (Å²) in [5.41, 5.74) is 17.3. The van der Waals surface area contributed by atoms with Crippen molar-refractivity contribution < 1.29 is 25.1 Å². The Balaban J connectivity index is 0.000000916. The van der Waals surface area contributed by atoms with Crippen LogP contribution in [-0.2, 0) is 33.3 Å². The molecule has 0 aliphatic carbocycles. The molecule has 0 aromatic heterocycles. The third-order valence-corrected chi connectivity index (χ3v) is 12.1. The summed E-state index contributed by atoms with van der Waals surface area (Å²) in [6.07, 6.45) is 53.6. The number of hydrogen-bond acceptors (Lipinski definition) is 0. The van der Waals surface area contributed by atoms with Gasteiger partial charge in [0.25, 0.3) is 0 Å². The SMILES string of the molecule is CCCCc1cccc(C2=CC=C(c3cccc(CCCC)c3)[N+]2=[N-])c1.[CH2-]CCCCCCCCCCCCCCCC.[CH2-]CCCCCCCCCCCCCCCC.[Pd+2]. The fraction of sp³-hybridized carbons (Fsp3) is 0.690. The van der Waals surface area contributed by atoms with Gasteiger partial charge in [0.15, 0.2) is 0 Å². The average molecular weight is 930 g/mol. The molecule has 2 aromatic carbocycles. The maximum Gasteiger partial charge on any atom is 2.00 e. The summed E-state index contributed by atoms with van der Waals surface area (Å²) in [5.74, 6) is 0. The zero-order chi connectivity index (χ0) is 43.6. The molecule has 3 heteroatoms. The van der Waals surface area contributed by atoms with Crippen molar-refractivity contribution in [3.8, 4) is 0 Å². The summed E-state index contributed by atoms with van der Waals surface area (Å²) < 4.78 is 1.33. The molecule has 61 heavy (non-hydrogen) atoms. The topological polar surface area (TPSA) is 25.3 Å². The Bertz CT molecular complexity index is 1200. The largest absolute Gasteiger partial charge is 2.00 e. The molecule has 1 heterocycles. The molecule has 0 saturated carbocycles. The monoisotopic (exact) mass is 929 g/mol. The Hall–Kier alpha value is -1.82. The Kier molecular flexibility index (Phi) is 43.4. The maximum absolute atomic E-state index is 10.8. The number of allylic oxidation sites excluding steroid dienone is 2. The number of nitrogens with zero attached hydrogens (tertiary/aromatic N) is 2. The fourth-order valence-corrected chi connectivity index (χ4v) is 8.14. The van der Waals surface area contributed by atoms with Crippen molar-refractivity contribution in [1.29, 1.82) is 0 Å². The van der Waals surface area contributed by atoms with E-state index >= 15 is 0 Å². The molecule has 1 aliphatic heterocycles. The first-order valence-corrected chi connectivity index (χ1v) is 26.2. The van der Waals surface area contributed by atoms with Gasteiger partial charge in [-0.15, -0.1) is 0 Å². The third kappa shape index (κ3) is 32.5. The van der Waals surface area contributed by atoms with Gasteiger partial charge in [-0.1, -0.05) is 245 Å². The Labute approximate surface area is 395 Å². The zero-order valence-electron chi connectivity index (χ0n) is 40.9. The van der Waals surface area contributed by atoms with Crippen LogP contribution in [0.5, 0.6) is 0 Å². The number of unbranched alkanes of at least 4 members (excludes halogenated alkanes) is 30. The van der Waals surface area contributed by atoms with Gasteiger partial charge in [-0.25, -0.2) is 4.70 Å². The van der Waals surface area contributed by atoms with Crippen LogP contribution in [-0.4, -0.2) is 4.70 Å². The smallest absolute Gasteiger partial charge is 0.493 e. The van der Waals surface area contributed by atoms with E-state index in [1.54, 1.807) is 0 Å². The van der Waals surface area contributed by atoms with Crippen molar-refractivity contribution >= 4 is 11.4 Å². The fourth-order valence-electron chi connectivity index (χ4n) is 8.14. The number of aryl methyl sites for hydroxylation is 2. The number of rotatable bonds is 36. The molecule has 0 bridgehead atoms. The van der Waals surface area contributed by atoms with Crippen molar-refractivity contribution in [1.82, 2.24) is 0 Å². The summed E-state index contributed by atoms with van der Waals surface area (Å²) in [6, 6.07) is 17.0. The van der Waals surface area contributed by atoms with Crippen LogP contribution in [0.2, 0.25) is 0 Å². The van der Waals surface area contributed by atoms with Crippen LogP contribution in [0.4, 0.5) is 0 Å². The molecule has 1 aliphatic rings. The zero-order valence-corrected chi connectivity index (χ0v) is 42.4. The molecule has 0 atom stereocenters. The second-order valence-electron chi connectivity index (χ2n) is 17.9. The molecule has 0 saturated heterocycles. The van der Waals surface area contributed by atoms with Crippen molar-refractivity contribution in [2.24, 2.45) is 0 Å².